The van der Waals surface area contributed by atoms with Crippen molar-refractivity contribution in [3.63, 3.8) is 0 Å². The zero-order valence-electron chi connectivity index (χ0n) is 16.9. The molecule has 0 aliphatic heterocycles. The van der Waals surface area contributed by atoms with Crippen molar-refractivity contribution in [1.82, 2.24) is 4.72 Å². The molecule has 2 aromatic rings. The number of rotatable bonds is 10. The van der Waals surface area contributed by atoms with E-state index in [0.29, 0.717) is 11.3 Å². The van der Waals surface area contributed by atoms with Gasteiger partial charge in [0.15, 0.2) is 0 Å². The predicted octanol–water partition coefficient (Wildman–Crippen LogP) is 3.44. The summed E-state index contributed by atoms with van der Waals surface area (Å²) >= 11 is 0. The van der Waals surface area contributed by atoms with Crippen LogP contribution in [-0.2, 0) is 14.8 Å². The van der Waals surface area contributed by atoms with Gasteiger partial charge in [0.1, 0.15) is 17.1 Å². The number of benzene rings is 2. The van der Waals surface area contributed by atoms with Gasteiger partial charge >= 0.3 is 5.97 Å². The summed E-state index contributed by atoms with van der Waals surface area (Å²) in [6.45, 7) is 5.26. The maximum atomic E-state index is 12.7. The third kappa shape index (κ3) is 6.47. The highest BCUT2D eigenvalue weighted by molar-refractivity contribution is 7.92. The predicted molar refractivity (Wildman–Crippen MR) is 116 cm³/mol. The molecule has 8 heteroatoms. The number of hydrogen-bond acceptors (Lipinski definition) is 6. The fraction of sp³-hybridized carbons (Fsp3) is 0.227. The zero-order valence-corrected chi connectivity index (χ0v) is 17.7. The van der Waals surface area contributed by atoms with E-state index in [1.807, 2.05) is 37.3 Å². The van der Waals surface area contributed by atoms with Gasteiger partial charge in [-0.05, 0) is 17.2 Å². The van der Waals surface area contributed by atoms with Crippen LogP contribution in [0.2, 0.25) is 0 Å². The molecular weight excluding hydrogens is 406 g/mol. The first-order valence-corrected chi connectivity index (χ1v) is 10.7. The van der Waals surface area contributed by atoms with Crippen LogP contribution in [-0.4, -0.2) is 39.8 Å². The Balaban J connectivity index is 2.18. The monoisotopic (exact) mass is 431 g/mol. The summed E-state index contributed by atoms with van der Waals surface area (Å²) in [5, 5.41) is 11.1. The van der Waals surface area contributed by atoms with Crippen LogP contribution in [0.15, 0.2) is 60.5 Å². The lowest BCUT2D eigenvalue weighted by Crippen LogP contribution is -2.20. The lowest BCUT2D eigenvalue weighted by Gasteiger charge is -2.15. The van der Waals surface area contributed by atoms with E-state index in [2.05, 4.69) is 11.3 Å². The van der Waals surface area contributed by atoms with E-state index in [9.17, 15) is 18.3 Å². The molecule has 0 aliphatic rings. The maximum absolute atomic E-state index is 12.7. The van der Waals surface area contributed by atoms with Crippen molar-refractivity contribution in [2.75, 3.05) is 20.3 Å². The molecule has 7 nitrogen and oxygen atoms in total. The Kier molecular flexibility index (Phi) is 8.20. The second-order valence-electron chi connectivity index (χ2n) is 6.48. The molecule has 0 fully saturated rings. The maximum Gasteiger partial charge on any atom is 0.342 e. The fourth-order valence-corrected chi connectivity index (χ4v) is 3.10. The normalized spacial score (nSPS) is 12.5. The minimum atomic E-state index is -3.57. The average Bonchev–Trinajstić information content (AvgIpc) is 2.75. The van der Waals surface area contributed by atoms with Gasteiger partial charge < -0.3 is 14.6 Å². The van der Waals surface area contributed by atoms with Crippen LogP contribution in [0.4, 0.5) is 0 Å². The second kappa shape index (κ2) is 10.6. The molecule has 0 heterocycles. The number of phenolic OH excluding ortho intramolecular Hbond substituents is 1. The highest BCUT2D eigenvalue weighted by Crippen LogP contribution is 2.30. The van der Waals surface area contributed by atoms with Gasteiger partial charge in [-0.2, -0.15) is 0 Å². The van der Waals surface area contributed by atoms with Crippen LogP contribution in [0.3, 0.4) is 0 Å². The van der Waals surface area contributed by atoms with Crippen LogP contribution in [0.1, 0.15) is 34.3 Å². The Morgan fingerprint density at radius 2 is 1.97 bits per heavy atom. The van der Waals surface area contributed by atoms with E-state index >= 15 is 0 Å². The van der Waals surface area contributed by atoms with Crippen molar-refractivity contribution in [1.29, 1.82) is 0 Å². The van der Waals surface area contributed by atoms with E-state index in [1.165, 1.54) is 25.3 Å². The highest BCUT2D eigenvalue weighted by Gasteiger charge is 2.20. The van der Waals surface area contributed by atoms with Gasteiger partial charge in [0, 0.05) is 23.9 Å². The smallest absolute Gasteiger partial charge is 0.342 e. The second-order valence-corrected chi connectivity index (χ2v) is 8.20. The lowest BCUT2D eigenvalue weighted by atomic mass is 10.0. The molecule has 30 heavy (non-hydrogen) atoms. The Hall–Kier alpha value is -3.10. The first kappa shape index (κ1) is 23.2. The molecule has 2 N–H and O–H groups in total. The Morgan fingerprint density at radius 3 is 2.60 bits per heavy atom. The van der Waals surface area contributed by atoms with Crippen molar-refractivity contribution in [2.45, 2.75) is 12.8 Å². The Morgan fingerprint density at radius 1 is 1.27 bits per heavy atom. The summed E-state index contributed by atoms with van der Waals surface area (Å²) in [6, 6.07) is 12.5. The molecule has 0 saturated heterocycles. The third-order valence-corrected chi connectivity index (χ3v) is 5.32. The third-order valence-electron chi connectivity index (χ3n) is 4.31. The molecule has 1 unspecified atom stereocenters. The van der Waals surface area contributed by atoms with Gasteiger partial charge in [0.2, 0.25) is 10.0 Å². The van der Waals surface area contributed by atoms with E-state index in [4.69, 9.17) is 9.47 Å². The molecule has 0 aromatic heterocycles. The number of hydrogen-bond donors (Lipinski definition) is 2. The summed E-state index contributed by atoms with van der Waals surface area (Å²) in [6.07, 6.45) is 3.00. The van der Waals surface area contributed by atoms with Crippen LogP contribution in [0.25, 0.3) is 6.08 Å². The molecule has 0 spiro atoms. The number of carbonyl (C=O) groups is 1. The van der Waals surface area contributed by atoms with Gasteiger partial charge in [-0.25, -0.2) is 17.9 Å². The van der Waals surface area contributed by atoms with E-state index < -0.39 is 16.0 Å². The highest BCUT2D eigenvalue weighted by atomic mass is 32.2. The summed E-state index contributed by atoms with van der Waals surface area (Å²) in [4.78, 5) is 12.7. The van der Waals surface area contributed by atoms with Crippen molar-refractivity contribution in [2.24, 2.45) is 0 Å². The minimum absolute atomic E-state index is 0.0220. The van der Waals surface area contributed by atoms with Crippen molar-refractivity contribution in [3.05, 3.63) is 77.2 Å². The SMILES string of the molecule is C=CS(=O)(=O)NCC=Cc1cc(OC)cc(O)c1C(=O)OCC(C)c1ccccc1. The molecule has 0 bridgehead atoms. The quantitative estimate of drug-likeness (QED) is 0.559. The van der Waals surface area contributed by atoms with E-state index in [0.717, 1.165) is 11.0 Å². The minimum Gasteiger partial charge on any atom is -0.507 e. The molecule has 0 saturated carbocycles. The number of ether oxygens (including phenoxy) is 2. The van der Waals surface area contributed by atoms with E-state index in [1.54, 1.807) is 6.07 Å². The van der Waals surface area contributed by atoms with Crippen LogP contribution in [0, 0.1) is 0 Å². The van der Waals surface area contributed by atoms with E-state index in [-0.39, 0.29) is 30.4 Å². The number of methoxy groups -OCH3 is 1. The first-order valence-electron chi connectivity index (χ1n) is 9.19. The standard InChI is InChI=1S/C22H25NO6S/c1-4-30(26,27)23-12-8-11-18-13-19(28-3)14-20(24)21(18)22(25)29-15-16(2)17-9-6-5-7-10-17/h4-11,13-14,16,23-24H,1,12,15H2,2-3H3. The molecule has 1 atom stereocenters. The molecule has 160 valence electrons. The number of aromatic hydroxyl groups is 1. The zero-order chi connectivity index (χ0) is 22.1. The number of sulfonamides is 1. The lowest BCUT2D eigenvalue weighted by molar-refractivity contribution is 0.0481. The summed E-state index contributed by atoms with van der Waals surface area (Å²) in [5.41, 5.74) is 1.33. The average molecular weight is 432 g/mol. The molecule has 0 amide bonds. The van der Waals surface area contributed by atoms with Gasteiger partial charge in [0.25, 0.3) is 0 Å². The van der Waals surface area contributed by atoms with Crippen molar-refractivity contribution < 1.29 is 27.8 Å². The number of phenols is 1. The number of esters is 1. The van der Waals surface area contributed by atoms with Crippen LogP contribution in [0.5, 0.6) is 11.5 Å². The fourth-order valence-electron chi connectivity index (χ4n) is 2.65. The number of carbonyl (C=O) groups excluding carboxylic acids is 1. The topological polar surface area (TPSA) is 102 Å². The van der Waals surface area contributed by atoms with Gasteiger partial charge in [-0.1, -0.05) is 56.0 Å². The molecule has 0 aliphatic carbocycles. The molecular formula is C22H25NO6S. The van der Waals surface area contributed by atoms with Crippen LogP contribution < -0.4 is 9.46 Å². The summed E-state index contributed by atoms with van der Waals surface area (Å²) in [7, 11) is -2.14. The van der Waals surface area contributed by atoms with Crippen molar-refractivity contribution >= 4 is 22.1 Å². The summed E-state index contributed by atoms with van der Waals surface area (Å²) in [5.74, 6) is -0.668. The van der Waals surface area contributed by atoms with Crippen molar-refractivity contribution in [3.8, 4) is 11.5 Å². The van der Waals surface area contributed by atoms with Gasteiger partial charge in [0.05, 0.1) is 13.7 Å². The van der Waals surface area contributed by atoms with Crippen LogP contribution >= 0.6 is 0 Å². The summed E-state index contributed by atoms with van der Waals surface area (Å²) < 4.78 is 35.7. The Labute approximate surface area is 176 Å². The molecule has 2 aromatic carbocycles. The largest absolute Gasteiger partial charge is 0.507 e. The number of nitrogens with one attached hydrogen (secondary N) is 1. The first-order chi connectivity index (χ1) is 14.3. The molecule has 0 radical (unpaired) electrons. The molecule has 2 rings (SSSR count). The van der Waals surface area contributed by atoms with Gasteiger partial charge in [-0.3, -0.25) is 0 Å². The van der Waals surface area contributed by atoms with Gasteiger partial charge in [-0.15, -0.1) is 0 Å². The Bertz CT molecular complexity index is 1020.